The Morgan fingerprint density at radius 1 is 1.23 bits per heavy atom. The Hall–Kier alpha value is -3.17. The predicted molar refractivity (Wildman–Crippen MR) is 133 cm³/mol. The molecule has 1 N–H and O–H groups in total. The molecule has 4 aliphatic rings. The minimum absolute atomic E-state index is 0.0207. The zero-order valence-electron chi connectivity index (χ0n) is 20.4. The molecule has 2 aromatic heterocycles. The van der Waals surface area contributed by atoms with Crippen molar-refractivity contribution in [3.63, 3.8) is 0 Å². The van der Waals surface area contributed by atoms with E-state index in [2.05, 4.69) is 45.7 Å². The van der Waals surface area contributed by atoms with E-state index in [-0.39, 0.29) is 12.0 Å². The van der Waals surface area contributed by atoms with E-state index in [4.69, 9.17) is 14.5 Å². The van der Waals surface area contributed by atoms with E-state index >= 15 is 0 Å². The molecule has 3 saturated heterocycles. The number of likely N-dealkylation sites (tertiary alicyclic amines) is 2. The van der Waals surface area contributed by atoms with Crippen molar-refractivity contribution in [2.75, 3.05) is 62.7 Å². The van der Waals surface area contributed by atoms with Gasteiger partial charge in [0.25, 0.3) is 0 Å². The van der Waals surface area contributed by atoms with Gasteiger partial charge in [-0.1, -0.05) is 6.58 Å². The molecule has 0 aliphatic carbocycles. The topological polar surface area (TPSA) is 83.1 Å². The third-order valence-corrected chi connectivity index (χ3v) is 7.63. The number of aryl methyl sites for hydroxylation is 1. The number of carbonyl (C=O) groups excluding carboxylic acids is 1. The fourth-order valence-corrected chi connectivity index (χ4v) is 5.54. The molecule has 9 heteroatoms. The van der Waals surface area contributed by atoms with Crippen LogP contribution in [0, 0.1) is 6.92 Å². The molecule has 2 aromatic rings. The second kappa shape index (κ2) is 8.80. The molecule has 1 amide bonds. The molecule has 0 saturated carbocycles. The lowest BCUT2D eigenvalue weighted by Gasteiger charge is -2.51. The van der Waals surface area contributed by atoms with Gasteiger partial charge in [0.1, 0.15) is 11.9 Å². The van der Waals surface area contributed by atoms with Crippen molar-refractivity contribution in [2.24, 2.45) is 0 Å². The molecule has 6 rings (SSSR count). The van der Waals surface area contributed by atoms with Crippen LogP contribution in [0.3, 0.4) is 0 Å². The first-order valence-electron chi connectivity index (χ1n) is 12.4. The van der Waals surface area contributed by atoms with Gasteiger partial charge in [-0.05, 0) is 32.1 Å². The average molecular weight is 477 g/mol. The number of hydrogen-bond donors (Lipinski definition) is 1. The number of anilines is 3. The molecule has 9 nitrogen and oxygen atoms in total. The zero-order chi connectivity index (χ0) is 24.1. The van der Waals surface area contributed by atoms with Crippen LogP contribution < -0.4 is 15.0 Å². The highest BCUT2D eigenvalue weighted by Gasteiger charge is 2.41. The first-order chi connectivity index (χ1) is 17.0. The van der Waals surface area contributed by atoms with Crippen LogP contribution in [0.15, 0.2) is 31.0 Å². The third-order valence-electron chi connectivity index (χ3n) is 7.63. The highest BCUT2D eigenvalue weighted by Crippen LogP contribution is 2.44. The molecule has 4 aliphatic heterocycles. The van der Waals surface area contributed by atoms with E-state index in [0.717, 1.165) is 92.4 Å². The van der Waals surface area contributed by atoms with Gasteiger partial charge in [-0.3, -0.25) is 14.7 Å². The molecule has 0 bridgehead atoms. The number of aromatic nitrogens is 2. The average Bonchev–Trinajstić information content (AvgIpc) is 2.96. The van der Waals surface area contributed by atoms with Gasteiger partial charge >= 0.3 is 0 Å². The van der Waals surface area contributed by atoms with Gasteiger partial charge < -0.3 is 24.6 Å². The Morgan fingerprint density at radius 2 is 2.00 bits per heavy atom. The van der Waals surface area contributed by atoms with Crippen LogP contribution in [0.5, 0.6) is 5.75 Å². The number of pyridine rings is 2. The number of ether oxygens (including phenoxy) is 2. The van der Waals surface area contributed by atoms with Crippen LogP contribution in [0.1, 0.15) is 35.9 Å². The normalized spacial score (nSPS) is 22.6. The standard InChI is InChI=1S/C26H32N6O3/c1-4-23(33)32-14-19(15-32)31-12-18(13-31)20-11-21-25(16(2)28-20)35-17(3)24-22(5-6-27-26(24)29-21)30-7-9-34-10-8-30/h4-6,11,17-19H,1,7-10,12-15H2,2-3H3,(H,27,29)/t17-/m0/s1. The Balaban J connectivity index is 1.21. The molecule has 184 valence electrons. The van der Waals surface area contributed by atoms with Crippen molar-refractivity contribution in [3.8, 4) is 5.75 Å². The maximum absolute atomic E-state index is 11.7. The Morgan fingerprint density at radius 3 is 2.74 bits per heavy atom. The van der Waals surface area contributed by atoms with E-state index in [1.54, 1.807) is 0 Å². The predicted octanol–water partition coefficient (Wildman–Crippen LogP) is 2.61. The van der Waals surface area contributed by atoms with Gasteiger partial charge in [-0.2, -0.15) is 0 Å². The lowest BCUT2D eigenvalue weighted by molar-refractivity contribution is -0.134. The van der Waals surface area contributed by atoms with Gasteiger partial charge in [-0.25, -0.2) is 4.98 Å². The summed E-state index contributed by atoms with van der Waals surface area (Å²) < 4.78 is 12.0. The number of fused-ring (bicyclic) bond motifs is 2. The fourth-order valence-electron chi connectivity index (χ4n) is 5.54. The molecular formula is C26H32N6O3. The first-order valence-corrected chi connectivity index (χ1v) is 12.4. The highest BCUT2D eigenvalue weighted by atomic mass is 16.5. The van der Waals surface area contributed by atoms with E-state index in [1.807, 2.05) is 18.0 Å². The molecule has 0 aromatic carbocycles. The quantitative estimate of drug-likeness (QED) is 0.675. The van der Waals surface area contributed by atoms with Gasteiger partial charge in [0.05, 0.1) is 30.2 Å². The van der Waals surface area contributed by atoms with Crippen LogP contribution in [0.4, 0.5) is 17.2 Å². The Kier molecular flexibility index (Phi) is 5.61. The van der Waals surface area contributed by atoms with Gasteiger partial charge in [0, 0.05) is 68.8 Å². The maximum Gasteiger partial charge on any atom is 0.246 e. The summed E-state index contributed by atoms with van der Waals surface area (Å²) in [4.78, 5) is 28.0. The summed E-state index contributed by atoms with van der Waals surface area (Å²) in [5, 5.41) is 3.58. The number of amides is 1. The second-order valence-corrected chi connectivity index (χ2v) is 9.84. The van der Waals surface area contributed by atoms with Gasteiger partial charge in [0.15, 0.2) is 5.75 Å². The van der Waals surface area contributed by atoms with Crippen molar-refractivity contribution in [3.05, 3.63) is 47.9 Å². The van der Waals surface area contributed by atoms with Crippen LogP contribution in [-0.2, 0) is 9.53 Å². The van der Waals surface area contributed by atoms with Crippen molar-refractivity contribution in [1.82, 2.24) is 19.8 Å². The SMILES string of the molecule is C=CC(=O)N1CC(N2CC(c3cc4c(c(C)n3)O[C@@H](C)c3c(N5CCOCC5)ccnc3N4)C2)C1. The summed E-state index contributed by atoms with van der Waals surface area (Å²) in [6.45, 7) is 14.3. The van der Waals surface area contributed by atoms with E-state index in [1.165, 1.54) is 6.08 Å². The number of morpholine rings is 1. The lowest BCUT2D eigenvalue weighted by Crippen LogP contribution is -2.65. The second-order valence-electron chi connectivity index (χ2n) is 9.84. The van der Waals surface area contributed by atoms with Crippen LogP contribution in [0.2, 0.25) is 0 Å². The Bertz CT molecular complexity index is 1150. The van der Waals surface area contributed by atoms with Gasteiger partial charge in [-0.15, -0.1) is 0 Å². The van der Waals surface area contributed by atoms with Crippen molar-refractivity contribution in [2.45, 2.75) is 31.9 Å². The van der Waals surface area contributed by atoms with Crippen LogP contribution >= 0.6 is 0 Å². The van der Waals surface area contributed by atoms with Crippen molar-refractivity contribution < 1.29 is 14.3 Å². The minimum Gasteiger partial charge on any atom is -0.482 e. The summed E-state index contributed by atoms with van der Waals surface area (Å²) in [5.41, 5.74) is 5.12. The smallest absolute Gasteiger partial charge is 0.246 e. The number of hydrogen-bond acceptors (Lipinski definition) is 8. The summed E-state index contributed by atoms with van der Waals surface area (Å²) in [6, 6.07) is 4.64. The zero-order valence-corrected chi connectivity index (χ0v) is 20.4. The molecule has 0 spiro atoms. The molecule has 3 fully saturated rings. The fraction of sp³-hybridized carbons (Fsp3) is 0.500. The highest BCUT2D eigenvalue weighted by molar-refractivity contribution is 5.87. The number of rotatable bonds is 4. The summed E-state index contributed by atoms with van der Waals surface area (Å²) in [6.07, 6.45) is 3.10. The van der Waals surface area contributed by atoms with Crippen molar-refractivity contribution in [1.29, 1.82) is 0 Å². The molecule has 35 heavy (non-hydrogen) atoms. The van der Waals surface area contributed by atoms with E-state index in [9.17, 15) is 4.79 Å². The third kappa shape index (κ3) is 3.92. The summed E-state index contributed by atoms with van der Waals surface area (Å²) >= 11 is 0. The summed E-state index contributed by atoms with van der Waals surface area (Å²) in [5.74, 6) is 2.03. The van der Waals surface area contributed by atoms with E-state index < -0.39 is 0 Å². The van der Waals surface area contributed by atoms with Gasteiger partial charge in [0.2, 0.25) is 5.91 Å². The molecule has 1 atom stereocenters. The number of carbonyl (C=O) groups is 1. The first kappa shape index (κ1) is 22.3. The van der Waals surface area contributed by atoms with E-state index in [0.29, 0.717) is 12.0 Å². The molecule has 0 radical (unpaired) electrons. The maximum atomic E-state index is 11.7. The minimum atomic E-state index is -0.157. The molecule has 6 heterocycles. The lowest BCUT2D eigenvalue weighted by atomic mass is 9.91. The molecule has 0 unspecified atom stereocenters. The van der Waals surface area contributed by atoms with Crippen molar-refractivity contribution >= 4 is 23.1 Å². The monoisotopic (exact) mass is 476 g/mol. The number of nitrogens with one attached hydrogen (secondary N) is 1. The van der Waals surface area contributed by atoms with Crippen LogP contribution in [0.25, 0.3) is 0 Å². The Labute approximate surface area is 205 Å². The largest absolute Gasteiger partial charge is 0.482 e. The molecular weight excluding hydrogens is 444 g/mol. The number of nitrogens with zero attached hydrogens (tertiary/aromatic N) is 5. The summed E-state index contributed by atoms with van der Waals surface area (Å²) in [7, 11) is 0. The van der Waals surface area contributed by atoms with Crippen LogP contribution in [-0.4, -0.2) is 84.2 Å².